The fraction of sp³-hybridized carbons (Fsp3) is 0.556. The molecule has 0 aromatic heterocycles. The summed E-state index contributed by atoms with van der Waals surface area (Å²) in [5.74, 6) is 1.59. The highest BCUT2D eigenvalue weighted by atomic mass is 16.5. The third-order valence-corrected chi connectivity index (χ3v) is 4.90. The molecule has 2 amide bonds. The van der Waals surface area contributed by atoms with Crippen LogP contribution in [-0.2, 0) is 16.0 Å². The van der Waals surface area contributed by atoms with E-state index in [0.29, 0.717) is 18.8 Å². The van der Waals surface area contributed by atoms with Crippen LogP contribution >= 0.6 is 0 Å². The van der Waals surface area contributed by atoms with Crippen LogP contribution in [0.3, 0.4) is 0 Å². The zero-order valence-electron chi connectivity index (χ0n) is 13.6. The number of rotatable bonds is 4. The molecule has 1 atom stereocenters. The number of ether oxygens (including phenoxy) is 1. The number of carbonyl (C=O) groups excluding carboxylic acids is 2. The van der Waals surface area contributed by atoms with Crippen molar-refractivity contribution < 1.29 is 14.3 Å². The van der Waals surface area contributed by atoms with Crippen molar-refractivity contribution in [1.29, 1.82) is 0 Å². The van der Waals surface area contributed by atoms with Crippen molar-refractivity contribution in [3.63, 3.8) is 0 Å². The van der Waals surface area contributed by atoms with Crippen LogP contribution in [-0.4, -0.2) is 43.0 Å². The maximum Gasteiger partial charge on any atom is 0.245 e. The number of carbonyl (C=O) groups is 2. The Bertz CT molecular complexity index is 562. The molecule has 0 radical (unpaired) electrons. The minimum Gasteiger partial charge on any atom is -0.497 e. The highest BCUT2D eigenvalue weighted by Crippen LogP contribution is 2.24. The molecule has 3 rings (SSSR count). The second kappa shape index (κ2) is 7.02. The summed E-state index contributed by atoms with van der Waals surface area (Å²) < 4.78 is 5.18. The van der Waals surface area contributed by atoms with E-state index in [1.807, 2.05) is 17.0 Å². The molecule has 2 heterocycles. The first-order chi connectivity index (χ1) is 11.2. The van der Waals surface area contributed by atoms with E-state index in [4.69, 9.17) is 4.74 Å². The van der Waals surface area contributed by atoms with Crippen molar-refractivity contribution in [2.75, 3.05) is 20.2 Å². The Morgan fingerprint density at radius 2 is 1.91 bits per heavy atom. The summed E-state index contributed by atoms with van der Waals surface area (Å²) >= 11 is 0. The number of piperidine rings is 1. The molecule has 0 spiro atoms. The first-order valence-electron chi connectivity index (χ1n) is 8.37. The van der Waals surface area contributed by atoms with Crippen molar-refractivity contribution in [2.45, 2.75) is 38.1 Å². The van der Waals surface area contributed by atoms with Crippen LogP contribution in [0.5, 0.6) is 5.75 Å². The standard InChI is InChI=1S/C18H24N2O3/c1-23-15-4-2-13(3-5-15)12-14-8-10-20(11-9-14)18(22)16-6-7-17(21)19-16/h2-5,14,16H,6-12H2,1H3,(H,19,21)/t16-/m0/s1. The van der Waals surface area contributed by atoms with Gasteiger partial charge in [-0.3, -0.25) is 9.59 Å². The van der Waals surface area contributed by atoms with Crippen molar-refractivity contribution >= 4 is 11.8 Å². The van der Waals surface area contributed by atoms with Gasteiger partial charge in [-0.25, -0.2) is 0 Å². The van der Waals surface area contributed by atoms with Gasteiger partial charge < -0.3 is 15.0 Å². The van der Waals surface area contributed by atoms with E-state index in [1.54, 1.807) is 7.11 Å². The predicted octanol–water partition coefficient (Wildman–Crippen LogP) is 1.75. The van der Waals surface area contributed by atoms with Gasteiger partial charge in [-0.15, -0.1) is 0 Å². The number of likely N-dealkylation sites (tertiary alicyclic amines) is 1. The lowest BCUT2D eigenvalue weighted by atomic mass is 9.90. The Kier molecular flexibility index (Phi) is 4.84. The van der Waals surface area contributed by atoms with E-state index < -0.39 is 0 Å². The van der Waals surface area contributed by atoms with E-state index in [0.717, 1.165) is 38.1 Å². The van der Waals surface area contributed by atoms with Gasteiger partial charge in [0.1, 0.15) is 11.8 Å². The number of hydrogen-bond acceptors (Lipinski definition) is 3. The maximum absolute atomic E-state index is 12.4. The second-order valence-electron chi connectivity index (χ2n) is 6.48. The Balaban J connectivity index is 1.48. The molecule has 0 aliphatic carbocycles. The third kappa shape index (κ3) is 3.84. The number of hydrogen-bond donors (Lipinski definition) is 1. The summed E-state index contributed by atoms with van der Waals surface area (Å²) in [6.45, 7) is 1.60. The lowest BCUT2D eigenvalue weighted by Crippen LogP contribution is -2.47. The van der Waals surface area contributed by atoms with Crippen LogP contribution in [0.4, 0.5) is 0 Å². The first-order valence-corrected chi connectivity index (χ1v) is 8.37. The molecule has 0 saturated carbocycles. The van der Waals surface area contributed by atoms with Crippen LogP contribution in [0.2, 0.25) is 0 Å². The number of nitrogens with one attached hydrogen (secondary N) is 1. The molecule has 1 aromatic rings. The average molecular weight is 316 g/mol. The fourth-order valence-electron chi connectivity index (χ4n) is 3.47. The molecule has 2 fully saturated rings. The van der Waals surface area contributed by atoms with Crippen LogP contribution in [0.15, 0.2) is 24.3 Å². The van der Waals surface area contributed by atoms with E-state index in [-0.39, 0.29) is 17.9 Å². The minimum absolute atomic E-state index is 0.00209. The predicted molar refractivity (Wildman–Crippen MR) is 87.2 cm³/mol. The molecule has 0 bridgehead atoms. The monoisotopic (exact) mass is 316 g/mol. The van der Waals surface area contributed by atoms with E-state index in [1.165, 1.54) is 5.56 Å². The molecular formula is C18H24N2O3. The molecule has 1 aromatic carbocycles. The molecule has 124 valence electrons. The summed E-state index contributed by atoms with van der Waals surface area (Å²) in [4.78, 5) is 25.5. The quantitative estimate of drug-likeness (QED) is 0.921. The Labute approximate surface area is 137 Å². The molecule has 2 aliphatic heterocycles. The van der Waals surface area contributed by atoms with E-state index >= 15 is 0 Å². The Hall–Kier alpha value is -2.04. The van der Waals surface area contributed by atoms with Gasteiger partial charge in [-0.2, -0.15) is 0 Å². The number of methoxy groups -OCH3 is 1. The number of nitrogens with zero attached hydrogens (tertiary/aromatic N) is 1. The van der Waals surface area contributed by atoms with Gasteiger partial charge in [-0.05, 0) is 49.3 Å². The van der Waals surface area contributed by atoms with Crippen molar-refractivity contribution in [3.8, 4) is 5.75 Å². The maximum atomic E-state index is 12.4. The van der Waals surface area contributed by atoms with Gasteiger partial charge in [-0.1, -0.05) is 12.1 Å². The van der Waals surface area contributed by atoms with E-state index in [9.17, 15) is 9.59 Å². The lowest BCUT2D eigenvalue weighted by molar-refractivity contribution is -0.135. The Morgan fingerprint density at radius 1 is 1.22 bits per heavy atom. The van der Waals surface area contributed by atoms with Crippen molar-refractivity contribution in [2.24, 2.45) is 5.92 Å². The summed E-state index contributed by atoms with van der Waals surface area (Å²) in [6.07, 6.45) is 4.22. The molecule has 1 N–H and O–H groups in total. The lowest BCUT2D eigenvalue weighted by Gasteiger charge is -2.33. The van der Waals surface area contributed by atoms with Crippen LogP contribution in [0.25, 0.3) is 0 Å². The van der Waals surface area contributed by atoms with Gasteiger partial charge in [0.25, 0.3) is 0 Å². The zero-order valence-corrected chi connectivity index (χ0v) is 13.6. The number of benzene rings is 1. The summed E-state index contributed by atoms with van der Waals surface area (Å²) in [6, 6.07) is 7.93. The first kappa shape index (κ1) is 15.8. The zero-order chi connectivity index (χ0) is 16.2. The average Bonchev–Trinajstić information content (AvgIpc) is 3.02. The molecule has 2 aliphatic rings. The SMILES string of the molecule is COc1ccc(CC2CCN(C(=O)[C@@H]3CCC(=O)N3)CC2)cc1. The second-order valence-corrected chi connectivity index (χ2v) is 6.48. The van der Waals surface area contributed by atoms with Crippen LogP contribution in [0, 0.1) is 5.92 Å². The van der Waals surface area contributed by atoms with Gasteiger partial charge >= 0.3 is 0 Å². The summed E-state index contributed by atoms with van der Waals surface area (Å²) in [5.41, 5.74) is 1.32. The molecule has 5 heteroatoms. The highest BCUT2D eigenvalue weighted by Gasteiger charge is 2.32. The molecule has 23 heavy (non-hydrogen) atoms. The number of amides is 2. The molecule has 5 nitrogen and oxygen atoms in total. The van der Waals surface area contributed by atoms with Crippen molar-refractivity contribution in [1.82, 2.24) is 10.2 Å². The van der Waals surface area contributed by atoms with Gasteiger partial charge in [0.15, 0.2) is 0 Å². The van der Waals surface area contributed by atoms with Crippen molar-refractivity contribution in [3.05, 3.63) is 29.8 Å². The molecule has 2 saturated heterocycles. The van der Waals surface area contributed by atoms with E-state index in [2.05, 4.69) is 17.4 Å². The normalized spacial score (nSPS) is 22.0. The Morgan fingerprint density at radius 3 is 2.48 bits per heavy atom. The van der Waals surface area contributed by atoms with Gasteiger partial charge in [0, 0.05) is 19.5 Å². The molecular weight excluding hydrogens is 292 g/mol. The summed E-state index contributed by atoms with van der Waals surface area (Å²) in [7, 11) is 1.68. The topological polar surface area (TPSA) is 58.6 Å². The smallest absolute Gasteiger partial charge is 0.245 e. The fourth-order valence-corrected chi connectivity index (χ4v) is 3.47. The highest BCUT2D eigenvalue weighted by molar-refractivity contribution is 5.90. The van der Waals surface area contributed by atoms with Gasteiger partial charge in [0.05, 0.1) is 7.11 Å². The van der Waals surface area contributed by atoms with Crippen LogP contribution < -0.4 is 10.1 Å². The minimum atomic E-state index is -0.291. The largest absolute Gasteiger partial charge is 0.497 e. The van der Waals surface area contributed by atoms with Crippen LogP contribution in [0.1, 0.15) is 31.2 Å². The molecule has 0 unspecified atom stereocenters. The summed E-state index contributed by atoms with van der Waals surface area (Å²) in [5, 5.41) is 2.77. The third-order valence-electron chi connectivity index (χ3n) is 4.90. The van der Waals surface area contributed by atoms with Gasteiger partial charge in [0.2, 0.25) is 11.8 Å².